The van der Waals surface area contributed by atoms with Crippen molar-refractivity contribution in [1.82, 2.24) is 4.90 Å². The van der Waals surface area contributed by atoms with Crippen molar-refractivity contribution < 1.29 is 57.6 Å². The van der Waals surface area contributed by atoms with Gasteiger partial charge in [-0.15, -0.1) is 0 Å². The van der Waals surface area contributed by atoms with Crippen LogP contribution in [0.5, 0.6) is 0 Å². The first-order valence-corrected chi connectivity index (χ1v) is 10.4. The smallest absolute Gasteiger partial charge is 0.374 e. The van der Waals surface area contributed by atoms with Gasteiger partial charge in [-0.05, 0) is 19.1 Å². The third-order valence-electron chi connectivity index (χ3n) is 4.67. The van der Waals surface area contributed by atoms with Gasteiger partial charge in [-0.1, -0.05) is 6.58 Å². The molecule has 0 fully saturated rings. The van der Waals surface area contributed by atoms with Crippen LogP contribution in [0.15, 0.2) is 24.3 Å². The number of rotatable bonds is 11. The van der Waals surface area contributed by atoms with Crippen LogP contribution < -0.4 is 0 Å². The van der Waals surface area contributed by atoms with E-state index in [1.807, 2.05) is 0 Å². The fourth-order valence-electron chi connectivity index (χ4n) is 2.79. The first-order chi connectivity index (χ1) is 16.8. The van der Waals surface area contributed by atoms with E-state index >= 15 is 0 Å². The normalized spacial score (nSPS) is 12.9. The van der Waals surface area contributed by atoms with Crippen LogP contribution in [0, 0.1) is 0 Å². The van der Waals surface area contributed by atoms with Crippen molar-refractivity contribution in [3.05, 3.63) is 46.5 Å². The number of ether oxygens (including phenoxy) is 4. The largest absolute Gasteiger partial charge is 0.459 e. The topological polar surface area (TPSA) is 180 Å². The maximum atomic E-state index is 12.7. The molecule has 1 N–H and O–H groups in total. The highest BCUT2D eigenvalue weighted by Gasteiger charge is 2.36. The summed E-state index contributed by atoms with van der Waals surface area (Å²) >= 11 is 0. The van der Waals surface area contributed by atoms with E-state index in [-0.39, 0.29) is 23.3 Å². The molecule has 1 atom stereocenters. The van der Waals surface area contributed by atoms with Gasteiger partial charge in [-0.3, -0.25) is 19.3 Å². The molecule has 0 aliphatic carbocycles. The van der Waals surface area contributed by atoms with Crippen LogP contribution in [0.25, 0.3) is 0 Å². The zero-order valence-electron chi connectivity index (χ0n) is 19.7. The Bertz CT molecular complexity index is 1150. The van der Waals surface area contributed by atoms with Gasteiger partial charge in [-0.2, -0.15) is 0 Å². The molecule has 1 aliphatic rings. The molecule has 36 heavy (non-hydrogen) atoms. The second-order valence-corrected chi connectivity index (χ2v) is 7.57. The summed E-state index contributed by atoms with van der Waals surface area (Å²) < 4.78 is 19.3. The second-order valence-electron chi connectivity index (χ2n) is 7.57. The Balaban J connectivity index is 2.19. The van der Waals surface area contributed by atoms with Crippen LogP contribution >= 0.6 is 0 Å². The monoisotopic (exact) mass is 505 g/mol. The Morgan fingerprint density at radius 2 is 1.31 bits per heavy atom. The highest BCUT2D eigenvalue weighted by molar-refractivity contribution is 6.32. The number of nitrogens with zero attached hydrogens (tertiary/aromatic N) is 1. The number of ketones is 1. The van der Waals surface area contributed by atoms with Crippen LogP contribution in [0.2, 0.25) is 0 Å². The summed E-state index contributed by atoms with van der Waals surface area (Å²) in [5.41, 5.74) is -1.02. The Labute approximate surface area is 204 Å². The number of amides is 2. The minimum Gasteiger partial charge on any atom is -0.459 e. The fourth-order valence-corrected chi connectivity index (χ4v) is 2.79. The number of fused-ring (bicyclic) bond motifs is 1. The molecular weight excluding hydrogens is 482 g/mol. The zero-order chi connectivity index (χ0) is 27.2. The van der Waals surface area contributed by atoms with Gasteiger partial charge in [0.2, 0.25) is 5.78 Å². The van der Waals surface area contributed by atoms with Crippen LogP contribution in [-0.2, 0) is 33.3 Å². The van der Waals surface area contributed by atoms with Crippen molar-refractivity contribution >= 4 is 41.5 Å². The van der Waals surface area contributed by atoms with Crippen LogP contribution in [0.4, 0.5) is 0 Å². The predicted octanol–water partition coefficient (Wildman–Crippen LogP) is -0.162. The minimum atomic E-state index is -1.50. The van der Waals surface area contributed by atoms with Crippen molar-refractivity contribution in [2.24, 2.45) is 0 Å². The molecule has 0 bridgehead atoms. The maximum absolute atomic E-state index is 12.7. The average Bonchev–Trinajstić information content (AvgIpc) is 3.05. The van der Waals surface area contributed by atoms with Crippen molar-refractivity contribution in [1.29, 1.82) is 0 Å². The Morgan fingerprint density at radius 3 is 1.81 bits per heavy atom. The molecule has 0 aromatic heterocycles. The summed E-state index contributed by atoms with van der Waals surface area (Å²) in [4.78, 5) is 84.2. The molecule has 192 valence electrons. The molecule has 1 unspecified atom stereocenters. The average molecular weight is 505 g/mol. The molecule has 1 aromatic carbocycles. The third-order valence-corrected chi connectivity index (χ3v) is 4.67. The van der Waals surface area contributed by atoms with E-state index in [1.165, 1.54) is 14.0 Å². The van der Waals surface area contributed by atoms with Crippen molar-refractivity contribution in [2.45, 2.75) is 20.0 Å². The van der Waals surface area contributed by atoms with E-state index in [0.29, 0.717) is 0 Å². The lowest BCUT2D eigenvalue weighted by molar-refractivity contribution is -0.155. The van der Waals surface area contributed by atoms with Gasteiger partial charge >= 0.3 is 23.9 Å². The highest BCUT2D eigenvalue weighted by atomic mass is 16.6. The summed E-state index contributed by atoms with van der Waals surface area (Å²) in [7, 11) is 1.22. The Kier molecular flexibility index (Phi) is 9.16. The standard InChI is InChI=1S/C23H23NO12/c1-11(2)20(29)33-5-6-34-22(31)16-7-14-15(19(28)24(4)18(14)27)8-17(16)23(32)36-10-13(26)9-35-21(30)12(3)25/h7-8,13,26H,1,5-6,9-10H2,2-4H3. The molecule has 1 aliphatic heterocycles. The van der Waals surface area contributed by atoms with Gasteiger partial charge in [-0.25, -0.2) is 19.2 Å². The number of carbonyl (C=O) groups excluding carboxylic acids is 7. The molecule has 1 heterocycles. The third kappa shape index (κ3) is 6.60. The van der Waals surface area contributed by atoms with Crippen molar-refractivity contribution in [3.8, 4) is 0 Å². The number of Topliss-reactive ketones (excluding diaryl/α,β-unsaturated/α-hetero) is 1. The van der Waals surface area contributed by atoms with Gasteiger partial charge in [0.05, 0.1) is 22.3 Å². The number of aliphatic hydroxyl groups is 1. The predicted molar refractivity (Wildman–Crippen MR) is 117 cm³/mol. The number of hydrogen-bond acceptors (Lipinski definition) is 12. The molecule has 0 spiro atoms. The second kappa shape index (κ2) is 11.8. The summed E-state index contributed by atoms with van der Waals surface area (Å²) in [5, 5.41) is 9.84. The van der Waals surface area contributed by atoms with Crippen LogP contribution in [-0.4, -0.2) is 91.1 Å². The van der Waals surface area contributed by atoms with Gasteiger partial charge < -0.3 is 24.1 Å². The van der Waals surface area contributed by atoms with Gasteiger partial charge in [0, 0.05) is 19.5 Å². The first-order valence-electron chi connectivity index (χ1n) is 10.4. The zero-order valence-corrected chi connectivity index (χ0v) is 19.7. The Hall–Kier alpha value is -4.39. The van der Waals surface area contributed by atoms with E-state index in [4.69, 9.17) is 14.2 Å². The minimum absolute atomic E-state index is 0.135. The molecule has 2 amide bonds. The lowest BCUT2D eigenvalue weighted by Gasteiger charge is -2.14. The number of aliphatic hydroxyl groups excluding tert-OH is 1. The fraction of sp³-hybridized carbons (Fsp3) is 0.348. The molecule has 13 nitrogen and oxygen atoms in total. The van der Waals surface area contributed by atoms with Crippen LogP contribution in [0.1, 0.15) is 55.3 Å². The number of carbonyl (C=O) groups is 7. The molecule has 0 saturated heterocycles. The van der Waals surface area contributed by atoms with E-state index in [1.54, 1.807) is 0 Å². The van der Waals surface area contributed by atoms with E-state index < -0.39 is 78.5 Å². The molecular formula is C23H23NO12. The lowest BCUT2D eigenvalue weighted by atomic mass is 9.99. The lowest BCUT2D eigenvalue weighted by Crippen LogP contribution is -2.27. The van der Waals surface area contributed by atoms with Gasteiger partial charge in [0.15, 0.2) is 0 Å². The number of benzene rings is 1. The summed E-state index contributed by atoms with van der Waals surface area (Å²) in [6, 6.07) is 1.99. The summed E-state index contributed by atoms with van der Waals surface area (Å²) in [6.45, 7) is 3.75. The van der Waals surface area contributed by atoms with E-state index in [9.17, 15) is 38.7 Å². The SMILES string of the molecule is C=C(C)C(=O)OCCOC(=O)c1cc2c(cc1C(=O)OCC(O)COC(=O)C(C)=O)C(=O)N(C)C2=O. The highest BCUT2D eigenvalue weighted by Crippen LogP contribution is 2.26. The first kappa shape index (κ1) is 27.9. The maximum Gasteiger partial charge on any atom is 0.374 e. The van der Waals surface area contributed by atoms with E-state index in [0.717, 1.165) is 24.0 Å². The molecule has 2 rings (SSSR count). The van der Waals surface area contributed by atoms with Crippen molar-refractivity contribution in [3.63, 3.8) is 0 Å². The quantitative estimate of drug-likeness (QED) is 0.105. The van der Waals surface area contributed by atoms with Gasteiger partial charge in [0.25, 0.3) is 11.8 Å². The summed E-state index contributed by atoms with van der Waals surface area (Å²) in [6.07, 6.45) is -1.50. The number of hydrogen-bond donors (Lipinski definition) is 1. The molecule has 0 saturated carbocycles. The number of imide groups is 1. The van der Waals surface area contributed by atoms with Crippen molar-refractivity contribution in [2.75, 3.05) is 33.5 Å². The molecule has 0 radical (unpaired) electrons. The molecule has 1 aromatic rings. The Morgan fingerprint density at radius 1 is 0.833 bits per heavy atom. The van der Waals surface area contributed by atoms with E-state index in [2.05, 4.69) is 11.3 Å². The number of esters is 4. The summed E-state index contributed by atoms with van der Waals surface area (Å²) in [5.74, 6) is -6.45. The van der Waals surface area contributed by atoms with Crippen LogP contribution in [0.3, 0.4) is 0 Å². The molecule has 13 heteroatoms. The van der Waals surface area contributed by atoms with Gasteiger partial charge in [0.1, 0.15) is 32.5 Å².